The predicted octanol–water partition coefficient (Wildman–Crippen LogP) is 3.62. The van der Waals surface area contributed by atoms with Crippen molar-refractivity contribution in [1.82, 2.24) is 0 Å². The highest BCUT2D eigenvalue weighted by Gasteiger charge is 2.36. The van der Waals surface area contributed by atoms with Crippen molar-refractivity contribution in [3.05, 3.63) is 33.9 Å². The average Bonchev–Trinajstić information content (AvgIpc) is 2.14. The SMILES string of the molecule is CC(C)c1cccc([N+](=O)[O-])c1OC(F)(F)F. The molecule has 0 atom stereocenters. The molecule has 0 radical (unpaired) electrons. The number of hydrogen-bond acceptors (Lipinski definition) is 3. The third-order valence-electron chi connectivity index (χ3n) is 2.06. The highest BCUT2D eigenvalue weighted by atomic mass is 19.4. The van der Waals surface area contributed by atoms with Crippen molar-refractivity contribution in [3.63, 3.8) is 0 Å². The Morgan fingerprint density at radius 2 is 1.94 bits per heavy atom. The Hall–Kier alpha value is -1.79. The van der Waals surface area contributed by atoms with Gasteiger partial charge in [-0.3, -0.25) is 10.1 Å². The lowest BCUT2D eigenvalue weighted by atomic mass is 10.0. The number of halogens is 3. The molecule has 0 spiro atoms. The number of rotatable bonds is 3. The lowest BCUT2D eigenvalue weighted by molar-refractivity contribution is -0.388. The summed E-state index contributed by atoms with van der Waals surface area (Å²) in [5, 5.41) is 10.6. The van der Waals surface area contributed by atoms with Gasteiger partial charge in [0.05, 0.1) is 4.92 Å². The Labute approximate surface area is 95.2 Å². The summed E-state index contributed by atoms with van der Waals surface area (Å²) < 4.78 is 40.3. The molecule has 1 aromatic rings. The molecule has 0 aromatic heterocycles. The number of nitro groups is 1. The Kier molecular flexibility index (Phi) is 3.59. The lowest BCUT2D eigenvalue weighted by Gasteiger charge is -2.15. The number of benzene rings is 1. The largest absolute Gasteiger partial charge is 0.573 e. The molecule has 0 aliphatic carbocycles. The maximum absolute atomic E-state index is 12.2. The van der Waals surface area contributed by atoms with Crippen molar-refractivity contribution in [2.75, 3.05) is 0 Å². The fraction of sp³-hybridized carbons (Fsp3) is 0.400. The maximum atomic E-state index is 12.2. The minimum atomic E-state index is -4.95. The van der Waals surface area contributed by atoms with Crippen LogP contribution in [-0.2, 0) is 0 Å². The standard InChI is InChI=1S/C10H10F3NO3/c1-6(2)7-4-3-5-8(14(15)16)9(7)17-10(11,12)13/h3-6H,1-2H3. The Balaban J connectivity index is 3.34. The number of hydrogen-bond donors (Lipinski definition) is 0. The van der Waals surface area contributed by atoms with E-state index in [1.165, 1.54) is 12.1 Å². The minimum Gasteiger partial charge on any atom is -0.398 e. The molecule has 0 saturated carbocycles. The van der Waals surface area contributed by atoms with Crippen LogP contribution in [0.25, 0.3) is 0 Å². The van der Waals surface area contributed by atoms with E-state index < -0.39 is 22.7 Å². The van der Waals surface area contributed by atoms with E-state index in [4.69, 9.17) is 0 Å². The van der Waals surface area contributed by atoms with Crippen LogP contribution in [0.2, 0.25) is 0 Å². The zero-order chi connectivity index (χ0) is 13.2. The van der Waals surface area contributed by atoms with Gasteiger partial charge in [0.15, 0.2) is 0 Å². The molecular formula is C10H10F3NO3. The maximum Gasteiger partial charge on any atom is 0.573 e. The summed E-state index contributed by atoms with van der Waals surface area (Å²) in [5.41, 5.74) is -0.537. The summed E-state index contributed by atoms with van der Waals surface area (Å²) in [6.45, 7) is 3.25. The van der Waals surface area contributed by atoms with Gasteiger partial charge in [-0.1, -0.05) is 26.0 Å². The molecular weight excluding hydrogens is 239 g/mol. The summed E-state index contributed by atoms with van der Waals surface area (Å²) in [5.74, 6) is -1.05. The summed E-state index contributed by atoms with van der Waals surface area (Å²) in [4.78, 5) is 9.74. The van der Waals surface area contributed by atoms with Crippen molar-refractivity contribution in [3.8, 4) is 5.75 Å². The lowest BCUT2D eigenvalue weighted by Crippen LogP contribution is -2.19. The number of ether oxygens (including phenoxy) is 1. The quantitative estimate of drug-likeness (QED) is 0.607. The van der Waals surface area contributed by atoms with Crippen molar-refractivity contribution >= 4 is 5.69 Å². The summed E-state index contributed by atoms with van der Waals surface area (Å²) >= 11 is 0. The molecule has 1 aromatic carbocycles. The number of nitro benzene ring substituents is 1. The van der Waals surface area contributed by atoms with E-state index >= 15 is 0 Å². The molecule has 0 N–H and O–H groups in total. The van der Waals surface area contributed by atoms with Gasteiger partial charge >= 0.3 is 12.0 Å². The van der Waals surface area contributed by atoms with Gasteiger partial charge in [0.1, 0.15) is 0 Å². The molecule has 94 valence electrons. The normalized spacial score (nSPS) is 11.6. The van der Waals surface area contributed by atoms with Crippen molar-refractivity contribution in [2.24, 2.45) is 0 Å². The van der Waals surface area contributed by atoms with Gasteiger partial charge in [0.2, 0.25) is 5.75 Å². The van der Waals surface area contributed by atoms with Crippen LogP contribution < -0.4 is 4.74 Å². The molecule has 0 fully saturated rings. The van der Waals surface area contributed by atoms with Crippen LogP contribution in [0.1, 0.15) is 25.3 Å². The van der Waals surface area contributed by atoms with Crippen molar-refractivity contribution in [1.29, 1.82) is 0 Å². The van der Waals surface area contributed by atoms with E-state index in [1.807, 2.05) is 0 Å². The highest BCUT2D eigenvalue weighted by molar-refractivity contribution is 5.52. The second-order valence-electron chi connectivity index (χ2n) is 3.66. The van der Waals surface area contributed by atoms with Gasteiger partial charge in [-0.2, -0.15) is 0 Å². The van der Waals surface area contributed by atoms with Gasteiger partial charge < -0.3 is 4.74 Å². The molecule has 0 aliphatic rings. The topological polar surface area (TPSA) is 52.4 Å². The van der Waals surface area contributed by atoms with Crippen molar-refractivity contribution < 1.29 is 22.8 Å². The first-order chi connectivity index (χ1) is 7.72. The molecule has 0 saturated heterocycles. The number of para-hydroxylation sites is 1. The Morgan fingerprint density at radius 1 is 1.35 bits per heavy atom. The van der Waals surface area contributed by atoms with Gasteiger partial charge in [0, 0.05) is 11.6 Å². The van der Waals surface area contributed by atoms with Crippen LogP contribution in [0.4, 0.5) is 18.9 Å². The van der Waals surface area contributed by atoms with Crippen molar-refractivity contribution in [2.45, 2.75) is 26.1 Å². The second-order valence-corrected chi connectivity index (χ2v) is 3.66. The first-order valence-corrected chi connectivity index (χ1v) is 4.75. The average molecular weight is 249 g/mol. The fourth-order valence-corrected chi connectivity index (χ4v) is 1.37. The van der Waals surface area contributed by atoms with Crippen LogP contribution in [0.3, 0.4) is 0 Å². The van der Waals surface area contributed by atoms with Crippen LogP contribution in [0.15, 0.2) is 18.2 Å². The summed E-state index contributed by atoms with van der Waals surface area (Å²) in [7, 11) is 0. The van der Waals surface area contributed by atoms with Crippen LogP contribution in [0.5, 0.6) is 5.75 Å². The van der Waals surface area contributed by atoms with E-state index in [9.17, 15) is 23.3 Å². The van der Waals surface area contributed by atoms with Gasteiger partial charge in [-0.05, 0) is 5.92 Å². The number of alkyl halides is 3. The second kappa shape index (κ2) is 4.60. The van der Waals surface area contributed by atoms with E-state index in [0.717, 1.165) is 6.07 Å². The zero-order valence-electron chi connectivity index (χ0n) is 9.12. The van der Waals surface area contributed by atoms with E-state index in [-0.39, 0.29) is 11.5 Å². The van der Waals surface area contributed by atoms with E-state index in [2.05, 4.69) is 4.74 Å². The first-order valence-electron chi connectivity index (χ1n) is 4.75. The van der Waals surface area contributed by atoms with Crippen LogP contribution in [0, 0.1) is 10.1 Å². The Bertz CT molecular complexity index is 429. The third-order valence-corrected chi connectivity index (χ3v) is 2.06. The van der Waals surface area contributed by atoms with Crippen LogP contribution in [-0.4, -0.2) is 11.3 Å². The predicted molar refractivity (Wildman–Crippen MR) is 53.9 cm³/mol. The molecule has 0 unspecified atom stereocenters. The van der Waals surface area contributed by atoms with Gasteiger partial charge in [-0.25, -0.2) is 0 Å². The minimum absolute atomic E-state index is 0.150. The molecule has 0 bridgehead atoms. The molecule has 4 nitrogen and oxygen atoms in total. The first kappa shape index (κ1) is 13.3. The molecule has 0 heterocycles. The van der Waals surface area contributed by atoms with E-state index in [0.29, 0.717) is 0 Å². The summed E-state index contributed by atoms with van der Waals surface area (Å²) in [6.07, 6.45) is -4.95. The fourth-order valence-electron chi connectivity index (χ4n) is 1.37. The molecule has 1 rings (SSSR count). The van der Waals surface area contributed by atoms with E-state index in [1.54, 1.807) is 13.8 Å². The molecule has 17 heavy (non-hydrogen) atoms. The monoisotopic (exact) mass is 249 g/mol. The van der Waals surface area contributed by atoms with Gasteiger partial charge in [0.25, 0.3) is 0 Å². The smallest absolute Gasteiger partial charge is 0.398 e. The zero-order valence-corrected chi connectivity index (χ0v) is 9.12. The third kappa shape index (κ3) is 3.33. The molecule has 0 amide bonds. The molecule has 7 heteroatoms. The molecule has 0 aliphatic heterocycles. The van der Waals surface area contributed by atoms with Gasteiger partial charge in [-0.15, -0.1) is 13.2 Å². The Morgan fingerprint density at radius 3 is 2.35 bits per heavy atom. The highest BCUT2D eigenvalue weighted by Crippen LogP contribution is 2.38. The van der Waals surface area contributed by atoms with Crippen LogP contribution >= 0.6 is 0 Å². The summed E-state index contributed by atoms with van der Waals surface area (Å²) in [6, 6.07) is 3.68. The number of nitrogens with zero attached hydrogens (tertiary/aromatic N) is 1.